The molecular formula is C12H26N2O. The van der Waals surface area contributed by atoms with Gasteiger partial charge < -0.3 is 10.1 Å². The summed E-state index contributed by atoms with van der Waals surface area (Å²) in [5, 5.41) is 3.50. The Balaban J connectivity index is 1.95. The van der Waals surface area contributed by atoms with Crippen LogP contribution in [0, 0.1) is 5.92 Å². The second-order valence-corrected chi connectivity index (χ2v) is 4.91. The van der Waals surface area contributed by atoms with Gasteiger partial charge in [0, 0.05) is 26.2 Å². The summed E-state index contributed by atoms with van der Waals surface area (Å²) >= 11 is 0. The predicted octanol–water partition coefficient (Wildman–Crippen LogP) is 1.34. The number of nitrogens with one attached hydrogen (secondary N) is 1. The van der Waals surface area contributed by atoms with E-state index in [1.807, 2.05) is 0 Å². The first-order valence-corrected chi connectivity index (χ1v) is 6.23. The van der Waals surface area contributed by atoms with Gasteiger partial charge in [-0.2, -0.15) is 0 Å². The molecule has 0 aliphatic carbocycles. The van der Waals surface area contributed by atoms with Gasteiger partial charge in [0.15, 0.2) is 0 Å². The molecule has 1 atom stereocenters. The minimum atomic E-state index is 0.411. The Morgan fingerprint density at radius 1 is 1.40 bits per heavy atom. The van der Waals surface area contributed by atoms with E-state index in [0.717, 1.165) is 45.2 Å². The lowest BCUT2D eigenvalue weighted by molar-refractivity contribution is -0.0176. The molecule has 1 aliphatic rings. The zero-order chi connectivity index (χ0) is 11.1. The van der Waals surface area contributed by atoms with Crippen LogP contribution in [0.15, 0.2) is 0 Å². The molecule has 1 fully saturated rings. The highest BCUT2D eigenvalue weighted by atomic mass is 16.5. The number of rotatable bonds is 6. The third-order valence-electron chi connectivity index (χ3n) is 2.83. The van der Waals surface area contributed by atoms with Gasteiger partial charge in [0.1, 0.15) is 0 Å². The van der Waals surface area contributed by atoms with Crippen molar-refractivity contribution in [1.82, 2.24) is 10.2 Å². The smallest absolute Gasteiger partial charge is 0.0674 e. The molecule has 0 amide bonds. The van der Waals surface area contributed by atoms with Crippen molar-refractivity contribution in [2.45, 2.75) is 33.3 Å². The van der Waals surface area contributed by atoms with Gasteiger partial charge in [-0.1, -0.05) is 13.8 Å². The summed E-state index contributed by atoms with van der Waals surface area (Å²) in [6.07, 6.45) is 1.69. The van der Waals surface area contributed by atoms with Crippen molar-refractivity contribution in [3.63, 3.8) is 0 Å². The Kier molecular flexibility index (Phi) is 6.22. The number of hydrogen-bond acceptors (Lipinski definition) is 3. The highest BCUT2D eigenvalue weighted by Crippen LogP contribution is 2.03. The zero-order valence-electron chi connectivity index (χ0n) is 10.5. The second-order valence-electron chi connectivity index (χ2n) is 4.91. The molecule has 3 heteroatoms. The summed E-state index contributed by atoms with van der Waals surface area (Å²) in [7, 11) is 0. The SMILES string of the molecule is CC(C)CCNCCN1CCOC(C)C1. The molecule has 3 nitrogen and oxygen atoms in total. The molecule has 0 aromatic carbocycles. The molecule has 0 saturated carbocycles. The average Bonchev–Trinajstić information content (AvgIpc) is 2.17. The van der Waals surface area contributed by atoms with Crippen LogP contribution in [-0.2, 0) is 4.74 Å². The molecule has 0 spiro atoms. The Bertz CT molecular complexity index is 162. The quantitative estimate of drug-likeness (QED) is 0.675. The first-order chi connectivity index (χ1) is 7.18. The van der Waals surface area contributed by atoms with Crippen LogP contribution in [0.4, 0.5) is 0 Å². The normalized spacial score (nSPS) is 23.6. The Hall–Kier alpha value is -0.120. The van der Waals surface area contributed by atoms with Crippen molar-refractivity contribution >= 4 is 0 Å². The van der Waals surface area contributed by atoms with E-state index in [1.165, 1.54) is 6.42 Å². The standard InChI is InChI=1S/C12H26N2O/c1-11(2)4-5-13-6-7-14-8-9-15-12(3)10-14/h11-13H,4-10H2,1-3H3. The molecule has 1 saturated heterocycles. The molecule has 90 valence electrons. The Labute approximate surface area is 94.2 Å². The molecule has 1 N–H and O–H groups in total. The van der Waals surface area contributed by atoms with Gasteiger partial charge in [-0.15, -0.1) is 0 Å². The highest BCUT2D eigenvalue weighted by molar-refractivity contribution is 4.68. The first-order valence-electron chi connectivity index (χ1n) is 6.23. The Morgan fingerprint density at radius 3 is 2.87 bits per heavy atom. The molecule has 1 heterocycles. The molecule has 0 aromatic rings. The molecule has 0 radical (unpaired) electrons. The maximum atomic E-state index is 5.50. The summed E-state index contributed by atoms with van der Waals surface area (Å²) in [6, 6.07) is 0. The summed E-state index contributed by atoms with van der Waals surface area (Å²) in [5.74, 6) is 0.806. The molecular weight excluding hydrogens is 188 g/mol. The molecule has 1 rings (SSSR count). The van der Waals surface area contributed by atoms with E-state index in [1.54, 1.807) is 0 Å². The van der Waals surface area contributed by atoms with Crippen LogP contribution in [0.5, 0.6) is 0 Å². The third-order valence-corrected chi connectivity index (χ3v) is 2.83. The van der Waals surface area contributed by atoms with Gasteiger partial charge in [-0.3, -0.25) is 4.90 Å². The van der Waals surface area contributed by atoms with E-state index in [0.29, 0.717) is 6.10 Å². The molecule has 0 aromatic heterocycles. The van der Waals surface area contributed by atoms with Gasteiger partial charge in [-0.25, -0.2) is 0 Å². The van der Waals surface area contributed by atoms with Gasteiger partial charge in [0.25, 0.3) is 0 Å². The summed E-state index contributed by atoms with van der Waals surface area (Å²) in [5.41, 5.74) is 0. The topological polar surface area (TPSA) is 24.5 Å². The molecule has 1 aliphatic heterocycles. The van der Waals surface area contributed by atoms with Crippen LogP contribution in [0.2, 0.25) is 0 Å². The number of nitrogens with zero attached hydrogens (tertiary/aromatic N) is 1. The number of ether oxygens (including phenoxy) is 1. The van der Waals surface area contributed by atoms with E-state index >= 15 is 0 Å². The second kappa shape index (κ2) is 7.20. The van der Waals surface area contributed by atoms with E-state index in [2.05, 4.69) is 31.0 Å². The first kappa shape index (κ1) is 12.9. The van der Waals surface area contributed by atoms with Crippen LogP contribution in [-0.4, -0.2) is 50.3 Å². The van der Waals surface area contributed by atoms with E-state index in [4.69, 9.17) is 4.74 Å². The van der Waals surface area contributed by atoms with Gasteiger partial charge in [0.2, 0.25) is 0 Å². The summed E-state index contributed by atoms with van der Waals surface area (Å²) < 4.78 is 5.50. The van der Waals surface area contributed by atoms with Crippen LogP contribution in [0.3, 0.4) is 0 Å². The van der Waals surface area contributed by atoms with Crippen LogP contribution < -0.4 is 5.32 Å². The predicted molar refractivity (Wildman–Crippen MR) is 64.2 cm³/mol. The van der Waals surface area contributed by atoms with Crippen molar-refractivity contribution in [2.75, 3.05) is 39.3 Å². The van der Waals surface area contributed by atoms with Crippen molar-refractivity contribution in [3.05, 3.63) is 0 Å². The summed E-state index contributed by atoms with van der Waals surface area (Å²) in [6.45, 7) is 13.2. The van der Waals surface area contributed by atoms with Gasteiger partial charge >= 0.3 is 0 Å². The molecule has 0 bridgehead atoms. The number of morpholine rings is 1. The largest absolute Gasteiger partial charge is 0.376 e. The van der Waals surface area contributed by atoms with E-state index in [9.17, 15) is 0 Å². The maximum Gasteiger partial charge on any atom is 0.0674 e. The fraction of sp³-hybridized carbons (Fsp3) is 1.00. The minimum absolute atomic E-state index is 0.411. The minimum Gasteiger partial charge on any atom is -0.376 e. The number of hydrogen-bond donors (Lipinski definition) is 1. The van der Waals surface area contributed by atoms with Crippen LogP contribution in [0.1, 0.15) is 27.2 Å². The van der Waals surface area contributed by atoms with Crippen LogP contribution >= 0.6 is 0 Å². The molecule has 15 heavy (non-hydrogen) atoms. The average molecular weight is 214 g/mol. The van der Waals surface area contributed by atoms with E-state index < -0.39 is 0 Å². The highest BCUT2D eigenvalue weighted by Gasteiger charge is 2.15. The van der Waals surface area contributed by atoms with Gasteiger partial charge in [-0.05, 0) is 25.8 Å². The van der Waals surface area contributed by atoms with Crippen molar-refractivity contribution in [2.24, 2.45) is 5.92 Å². The van der Waals surface area contributed by atoms with Crippen LogP contribution in [0.25, 0.3) is 0 Å². The fourth-order valence-corrected chi connectivity index (χ4v) is 1.85. The monoisotopic (exact) mass is 214 g/mol. The Morgan fingerprint density at radius 2 is 2.20 bits per heavy atom. The zero-order valence-corrected chi connectivity index (χ0v) is 10.5. The summed E-state index contributed by atoms with van der Waals surface area (Å²) in [4.78, 5) is 2.48. The lowest BCUT2D eigenvalue weighted by atomic mass is 10.1. The van der Waals surface area contributed by atoms with Crippen molar-refractivity contribution in [3.8, 4) is 0 Å². The lowest BCUT2D eigenvalue weighted by Gasteiger charge is -2.31. The fourth-order valence-electron chi connectivity index (χ4n) is 1.85. The van der Waals surface area contributed by atoms with Gasteiger partial charge in [0.05, 0.1) is 12.7 Å². The van der Waals surface area contributed by atoms with E-state index in [-0.39, 0.29) is 0 Å². The molecule has 1 unspecified atom stereocenters. The van der Waals surface area contributed by atoms with Crippen molar-refractivity contribution < 1.29 is 4.74 Å². The van der Waals surface area contributed by atoms with Crippen molar-refractivity contribution in [1.29, 1.82) is 0 Å². The third kappa shape index (κ3) is 6.13. The maximum absolute atomic E-state index is 5.50. The lowest BCUT2D eigenvalue weighted by Crippen LogP contribution is -2.44.